The Labute approximate surface area is 104 Å². The minimum Gasteiger partial charge on any atom is -0.365 e. The van der Waals surface area contributed by atoms with Crippen LogP contribution in [-0.4, -0.2) is 30.2 Å². The van der Waals surface area contributed by atoms with Gasteiger partial charge in [-0.05, 0) is 33.1 Å². The maximum atomic E-state index is 11.7. The highest BCUT2D eigenvalue weighted by Gasteiger charge is 2.29. The van der Waals surface area contributed by atoms with Gasteiger partial charge in [0.2, 0.25) is 5.91 Å². The average Bonchev–Trinajstić information content (AvgIpc) is 2.61. The van der Waals surface area contributed by atoms with Crippen LogP contribution in [0.1, 0.15) is 40.0 Å². The number of carbonyl (C=O) groups is 1. The van der Waals surface area contributed by atoms with E-state index < -0.39 is 0 Å². The standard InChI is InChI=1S/C11H22N2O2.ClH/c1-4-8-5-6-9(15-8)10(14)13-7-11(2,3)12;/h8-9H,4-7,12H2,1-3H3,(H,13,14);1H. The smallest absolute Gasteiger partial charge is 0.249 e. The third-order valence-electron chi connectivity index (χ3n) is 2.57. The Morgan fingerprint density at radius 3 is 2.56 bits per heavy atom. The summed E-state index contributed by atoms with van der Waals surface area (Å²) >= 11 is 0. The number of rotatable bonds is 4. The molecule has 0 spiro atoms. The molecule has 0 aliphatic carbocycles. The van der Waals surface area contributed by atoms with Crippen LogP contribution < -0.4 is 11.1 Å². The Morgan fingerprint density at radius 2 is 2.12 bits per heavy atom. The molecule has 96 valence electrons. The van der Waals surface area contributed by atoms with Gasteiger partial charge < -0.3 is 15.8 Å². The highest BCUT2D eigenvalue weighted by molar-refractivity contribution is 5.85. The molecule has 4 nitrogen and oxygen atoms in total. The summed E-state index contributed by atoms with van der Waals surface area (Å²) < 4.78 is 5.58. The molecule has 2 atom stereocenters. The van der Waals surface area contributed by atoms with E-state index in [9.17, 15) is 4.79 Å². The van der Waals surface area contributed by atoms with Crippen molar-refractivity contribution in [3.8, 4) is 0 Å². The van der Waals surface area contributed by atoms with Crippen LogP contribution in [0, 0.1) is 0 Å². The van der Waals surface area contributed by atoms with E-state index in [2.05, 4.69) is 12.2 Å². The fourth-order valence-corrected chi connectivity index (χ4v) is 1.63. The molecule has 16 heavy (non-hydrogen) atoms. The van der Waals surface area contributed by atoms with Crippen molar-refractivity contribution in [2.75, 3.05) is 6.54 Å². The predicted molar refractivity (Wildman–Crippen MR) is 66.7 cm³/mol. The molecular formula is C11H23ClN2O2. The Bertz CT molecular complexity index is 229. The van der Waals surface area contributed by atoms with Crippen molar-refractivity contribution in [3.05, 3.63) is 0 Å². The maximum absolute atomic E-state index is 11.7. The second-order valence-corrected chi connectivity index (χ2v) is 4.94. The first-order valence-electron chi connectivity index (χ1n) is 5.64. The molecule has 1 fully saturated rings. The minimum absolute atomic E-state index is 0. The van der Waals surface area contributed by atoms with Crippen LogP contribution in [0.15, 0.2) is 0 Å². The molecule has 0 bridgehead atoms. The van der Waals surface area contributed by atoms with Crippen LogP contribution in [0.4, 0.5) is 0 Å². The molecule has 1 saturated heterocycles. The zero-order valence-electron chi connectivity index (χ0n) is 10.3. The Balaban J connectivity index is 0.00000225. The van der Waals surface area contributed by atoms with Crippen molar-refractivity contribution in [1.29, 1.82) is 0 Å². The average molecular weight is 251 g/mol. The third-order valence-corrected chi connectivity index (χ3v) is 2.57. The Hall–Kier alpha value is -0.320. The normalized spacial score (nSPS) is 25.0. The summed E-state index contributed by atoms with van der Waals surface area (Å²) in [7, 11) is 0. The lowest BCUT2D eigenvalue weighted by molar-refractivity contribution is -0.132. The van der Waals surface area contributed by atoms with Gasteiger partial charge in [0.1, 0.15) is 6.10 Å². The van der Waals surface area contributed by atoms with Crippen molar-refractivity contribution < 1.29 is 9.53 Å². The molecule has 2 unspecified atom stereocenters. The molecule has 1 aliphatic heterocycles. The molecule has 0 aromatic heterocycles. The van der Waals surface area contributed by atoms with Crippen LogP contribution in [0.2, 0.25) is 0 Å². The lowest BCUT2D eigenvalue weighted by Crippen LogP contribution is -2.47. The summed E-state index contributed by atoms with van der Waals surface area (Å²) in [5.74, 6) is -0.0236. The number of hydrogen-bond acceptors (Lipinski definition) is 3. The zero-order chi connectivity index (χ0) is 11.5. The number of nitrogens with one attached hydrogen (secondary N) is 1. The molecule has 0 aromatic carbocycles. The lowest BCUT2D eigenvalue weighted by atomic mass is 10.1. The molecule has 5 heteroatoms. The predicted octanol–water partition coefficient (Wildman–Crippen LogP) is 1.22. The Kier molecular flexibility index (Phi) is 6.30. The summed E-state index contributed by atoms with van der Waals surface area (Å²) in [6.45, 7) is 6.34. The second kappa shape index (κ2) is 6.42. The highest BCUT2D eigenvalue weighted by atomic mass is 35.5. The third kappa shape index (κ3) is 5.14. The van der Waals surface area contributed by atoms with Crippen molar-refractivity contribution in [2.45, 2.75) is 57.8 Å². The summed E-state index contributed by atoms with van der Waals surface area (Å²) in [5, 5.41) is 2.82. The molecule has 1 amide bonds. The molecular weight excluding hydrogens is 228 g/mol. The summed E-state index contributed by atoms with van der Waals surface area (Å²) in [4.78, 5) is 11.7. The fraction of sp³-hybridized carbons (Fsp3) is 0.909. The van der Waals surface area contributed by atoms with E-state index in [0.717, 1.165) is 19.3 Å². The van der Waals surface area contributed by atoms with Gasteiger partial charge in [-0.3, -0.25) is 4.79 Å². The number of nitrogens with two attached hydrogens (primary N) is 1. The molecule has 1 rings (SSSR count). The summed E-state index contributed by atoms with van der Waals surface area (Å²) in [6.07, 6.45) is 2.78. The van der Waals surface area contributed by atoms with E-state index in [1.807, 2.05) is 13.8 Å². The molecule has 0 aromatic rings. The molecule has 0 radical (unpaired) electrons. The number of hydrogen-bond donors (Lipinski definition) is 2. The van der Waals surface area contributed by atoms with E-state index in [0.29, 0.717) is 6.54 Å². The van der Waals surface area contributed by atoms with Gasteiger partial charge in [-0.1, -0.05) is 6.92 Å². The molecule has 1 aliphatic rings. The minimum atomic E-state index is -0.363. The number of carbonyl (C=O) groups excluding carboxylic acids is 1. The van der Waals surface area contributed by atoms with Gasteiger partial charge in [0.05, 0.1) is 6.10 Å². The quantitative estimate of drug-likeness (QED) is 0.789. The van der Waals surface area contributed by atoms with Crippen molar-refractivity contribution in [2.24, 2.45) is 5.73 Å². The van der Waals surface area contributed by atoms with Crippen molar-refractivity contribution in [3.63, 3.8) is 0 Å². The first-order valence-corrected chi connectivity index (χ1v) is 5.64. The lowest BCUT2D eigenvalue weighted by Gasteiger charge is -2.20. The monoisotopic (exact) mass is 250 g/mol. The van der Waals surface area contributed by atoms with Gasteiger partial charge in [0, 0.05) is 12.1 Å². The van der Waals surface area contributed by atoms with Gasteiger partial charge >= 0.3 is 0 Å². The highest BCUT2D eigenvalue weighted by Crippen LogP contribution is 2.21. The first kappa shape index (κ1) is 15.7. The van der Waals surface area contributed by atoms with E-state index in [4.69, 9.17) is 10.5 Å². The number of halogens is 1. The number of ether oxygens (including phenoxy) is 1. The zero-order valence-corrected chi connectivity index (χ0v) is 11.1. The number of amides is 1. The van der Waals surface area contributed by atoms with Gasteiger partial charge in [-0.2, -0.15) is 0 Å². The summed E-state index contributed by atoms with van der Waals surface area (Å²) in [5.41, 5.74) is 5.42. The van der Waals surface area contributed by atoms with Crippen molar-refractivity contribution in [1.82, 2.24) is 5.32 Å². The van der Waals surface area contributed by atoms with Gasteiger partial charge in [-0.15, -0.1) is 12.4 Å². The van der Waals surface area contributed by atoms with Gasteiger partial charge in [0.25, 0.3) is 0 Å². The fourth-order valence-electron chi connectivity index (χ4n) is 1.63. The van der Waals surface area contributed by atoms with Crippen LogP contribution in [0.5, 0.6) is 0 Å². The van der Waals surface area contributed by atoms with Crippen LogP contribution in [-0.2, 0) is 9.53 Å². The first-order chi connectivity index (χ1) is 6.92. The topological polar surface area (TPSA) is 64.4 Å². The molecule has 3 N–H and O–H groups in total. The van der Waals surface area contributed by atoms with Crippen LogP contribution in [0.25, 0.3) is 0 Å². The largest absolute Gasteiger partial charge is 0.365 e. The van der Waals surface area contributed by atoms with E-state index in [-0.39, 0.29) is 36.1 Å². The second-order valence-electron chi connectivity index (χ2n) is 4.94. The van der Waals surface area contributed by atoms with Crippen LogP contribution >= 0.6 is 12.4 Å². The SMILES string of the molecule is CCC1CCC(C(=O)NCC(C)(C)N)O1.Cl. The molecule has 0 saturated carbocycles. The van der Waals surface area contributed by atoms with Crippen LogP contribution in [0.3, 0.4) is 0 Å². The maximum Gasteiger partial charge on any atom is 0.249 e. The molecule has 1 heterocycles. The van der Waals surface area contributed by atoms with E-state index >= 15 is 0 Å². The van der Waals surface area contributed by atoms with Gasteiger partial charge in [-0.25, -0.2) is 0 Å². The van der Waals surface area contributed by atoms with E-state index in [1.165, 1.54) is 0 Å². The van der Waals surface area contributed by atoms with Gasteiger partial charge in [0.15, 0.2) is 0 Å². The van der Waals surface area contributed by atoms with E-state index in [1.54, 1.807) is 0 Å². The summed E-state index contributed by atoms with van der Waals surface area (Å²) in [6, 6.07) is 0. The Morgan fingerprint density at radius 1 is 1.50 bits per heavy atom. The van der Waals surface area contributed by atoms with Crippen molar-refractivity contribution >= 4 is 18.3 Å².